The highest BCUT2D eigenvalue weighted by molar-refractivity contribution is 7.92. The number of anilines is 1. The van der Waals surface area contributed by atoms with Crippen molar-refractivity contribution in [1.29, 1.82) is 0 Å². The summed E-state index contributed by atoms with van der Waals surface area (Å²) in [6, 6.07) is 21.7. The molecule has 0 spiro atoms. The Bertz CT molecular complexity index is 1380. The molecule has 0 saturated carbocycles. The zero-order valence-electron chi connectivity index (χ0n) is 24.4. The van der Waals surface area contributed by atoms with Gasteiger partial charge in [0.25, 0.3) is 10.0 Å². The smallest absolute Gasteiger partial charge is 0.264 e. The summed E-state index contributed by atoms with van der Waals surface area (Å²) in [5.74, 6) is -0.119. The number of nitrogens with one attached hydrogen (secondary N) is 1. The standard InChI is InChI=1S/C32H41N3O5S/c1-5-8-21-33-32(37)30(7-3)34(23-26-13-12-14-28(22-26)40-4)31(36)24-35(27-19-17-25(6-2)18-20-27)41(38,39)29-15-10-9-11-16-29/h9-20,22,30H,5-8,21,23-24H2,1-4H3,(H,33,37)/t30-/m0/s1. The Morgan fingerprint density at radius 2 is 1.61 bits per heavy atom. The molecule has 0 aromatic heterocycles. The van der Waals surface area contributed by atoms with E-state index in [4.69, 9.17) is 4.74 Å². The summed E-state index contributed by atoms with van der Waals surface area (Å²) >= 11 is 0. The van der Waals surface area contributed by atoms with Crippen molar-refractivity contribution in [2.45, 2.75) is 63.9 Å². The number of unbranched alkanes of at least 4 members (excludes halogenated alkanes) is 1. The summed E-state index contributed by atoms with van der Waals surface area (Å²) in [6.07, 6.45) is 2.91. The second kappa shape index (κ2) is 15.2. The van der Waals surface area contributed by atoms with Crippen LogP contribution in [-0.4, -0.2) is 51.4 Å². The van der Waals surface area contributed by atoms with Crippen LogP contribution in [-0.2, 0) is 32.6 Å². The Kier molecular flexibility index (Phi) is 11.8. The van der Waals surface area contributed by atoms with Crippen molar-refractivity contribution in [1.82, 2.24) is 10.2 Å². The van der Waals surface area contributed by atoms with Gasteiger partial charge in [-0.3, -0.25) is 13.9 Å². The lowest BCUT2D eigenvalue weighted by atomic mass is 10.1. The Labute approximate surface area is 244 Å². The first-order chi connectivity index (χ1) is 19.7. The molecule has 9 heteroatoms. The average molecular weight is 580 g/mol. The lowest BCUT2D eigenvalue weighted by Gasteiger charge is -2.33. The van der Waals surface area contributed by atoms with E-state index in [1.54, 1.807) is 43.5 Å². The molecule has 0 radical (unpaired) electrons. The first-order valence-electron chi connectivity index (χ1n) is 14.1. The Hall–Kier alpha value is -3.85. The normalized spacial score (nSPS) is 11.9. The van der Waals surface area contributed by atoms with E-state index in [2.05, 4.69) is 5.32 Å². The fraction of sp³-hybridized carbons (Fsp3) is 0.375. The van der Waals surface area contributed by atoms with E-state index in [0.29, 0.717) is 24.4 Å². The van der Waals surface area contributed by atoms with Gasteiger partial charge in [-0.15, -0.1) is 0 Å². The number of nitrogens with zero attached hydrogens (tertiary/aromatic N) is 2. The third-order valence-electron chi connectivity index (χ3n) is 6.95. The van der Waals surface area contributed by atoms with Crippen molar-refractivity contribution in [2.75, 3.05) is 24.5 Å². The number of amides is 2. The van der Waals surface area contributed by atoms with E-state index in [9.17, 15) is 18.0 Å². The van der Waals surface area contributed by atoms with Crippen molar-refractivity contribution < 1.29 is 22.7 Å². The first kappa shape index (κ1) is 31.7. The van der Waals surface area contributed by atoms with Gasteiger partial charge in [-0.1, -0.05) is 69.7 Å². The minimum atomic E-state index is -4.09. The minimum absolute atomic E-state index is 0.0797. The molecule has 0 unspecified atom stereocenters. The Morgan fingerprint density at radius 3 is 2.22 bits per heavy atom. The minimum Gasteiger partial charge on any atom is -0.497 e. The maximum atomic E-state index is 14.1. The third kappa shape index (κ3) is 8.33. The molecular weight excluding hydrogens is 538 g/mol. The molecule has 220 valence electrons. The highest BCUT2D eigenvalue weighted by Gasteiger charge is 2.33. The number of rotatable bonds is 15. The quantitative estimate of drug-likeness (QED) is 0.251. The monoisotopic (exact) mass is 579 g/mol. The van der Waals surface area contributed by atoms with Crippen LogP contribution >= 0.6 is 0 Å². The molecule has 41 heavy (non-hydrogen) atoms. The number of hydrogen-bond acceptors (Lipinski definition) is 5. The van der Waals surface area contributed by atoms with Gasteiger partial charge in [0, 0.05) is 13.1 Å². The van der Waals surface area contributed by atoms with Gasteiger partial charge in [-0.25, -0.2) is 8.42 Å². The molecule has 8 nitrogen and oxygen atoms in total. The number of aryl methyl sites for hydroxylation is 1. The largest absolute Gasteiger partial charge is 0.497 e. The van der Waals surface area contributed by atoms with Crippen molar-refractivity contribution in [3.05, 3.63) is 90.0 Å². The summed E-state index contributed by atoms with van der Waals surface area (Å²) in [6.45, 7) is 6.05. The second-order valence-electron chi connectivity index (χ2n) is 9.79. The summed E-state index contributed by atoms with van der Waals surface area (Å²) in [5.41, 5.74) is 2.19. The van der Waals surface area contributed by atoms with Crippen molar-refractivity contribution in [2.24, 2.45) is 0 Å². The van der Waals surface area contributed by atoms with Crippen molar-refractivity contribution in [3.8, 4) is 5.75 Å². The van der Waals surface area contributed by atoms with E-state index in [1.807, 2.05) is 51.1 Å². The molecule has 3 rings (SSSR count). The fourth-order valence-electron chi connectivity index (χ4n) is 4.54. The number of methoxy groups -OCH3 is 1. The lowest BCUT2D eigenvalue weighted by molar-refractivity contribution is -0.140. The lowest BCUT2D eigenvalue weighted by Crippen LogP contribution is -2.52. The van der Waals surface area contributed by atoms with Gasteiger partial charge in [0.2, 0.25) is 11.8 Å². The van der Waals surface area contributed by atoms with Crippen LogP contribution in [0.15, 0.2) is 83.8 Å². The van der Waals surface area contributed by atoms with E-state index >= 15 is 0 Å². The van der Waals surface area contributed by atoms with Crippen LogP contribution in [0.4, 0.5) is 5.69 Å². The number of carbonyl (C=O) groups excluding carboxylic acids is 2. The number of sulfonamides is 1. The van der Waals surface area contributed by atoms with Gasteiger partial charge < -0.3 is 15.0 Å². The highest BCUT2D eigenvalue weighted by atomic mass is 32.2. The average Bonchev–Trinajstić information content (AvgIpc) is 3.00. The topological polar surface area (TPSA) is 96.0 Å². The van der Waals surface area contributed by atoms with Gasteiger partial charge >= 0.3 is 0 Å². The molecule has 0 fully saturated rings. The fourth-order valence-corrected chi connectivity index (χ4v) is 5.97. The summed E-state index contributed by atoms with van der Waals surface area (Å²) in [7, 11) is -2.53. The van der Waals surface area contributed by atoms with Crippen molar-refractivity contribution in [3.63, 3.8) is 0 Å². The van der Waals surface area contributed by atoms with E-state index < -0.39 is 28.5 Å². The predicted octanol–water partition coefficient (Wildman–Crippen LogP) is 5.18. The summed E-state index contributed by atoms with van der Waals surface area (Å²) in [5, 5.41) is 2.94. The highest BCUT2D eigenvalue weighted by Crippen LogP contribution is 2.26. The SMILES string of the molecule is CCCCNC(=O)[C@H](CC)N(Cc1cccc(OC)c1)C(=O)CN(c1ccc(CC)cc1)S(=O)(=O)c1ccccc1. The zero-order chi connectivity index (χ0) is 29.8. The maximum Gasteiger partial charge on any atom is 0.264 e. The number of ether oxygens (including phenoxy) is 1. The molecule has 0 aliphatic heterocycles. The summed E-state index contributed by atoms with van der Waals surface area (Å²) < 4.78 is 34.3. The Balaban J connectivity index is 2.03. The first-order valence-corrected chi connectivity index (χ1v) is 15.6. The maximum absolute atomic E-state index is 14.1. The second-order valence-corrected chi connectivity index (χ2v) is 11.6. The number of benzene rings is 3. The van der Waals surface area contributed by atoms with E-state index in [1.165, 1.54) is 17.0 Å². The molecule has 3 aromatic carbocycles. The predicted molar refractivity (Wildman–Crippen MR) is 162 cm³/mol. The van der Waals surface area contributed by atoms with Crippen LogP contribution in [0.5, 0.6) is 5.75 Å². The van der Waals surface area contributed by atoms with Gasteiger partial charge in [0.15, 0.2) is 0 Å². The van der Waals surface area contributed by atoms with Gasteiger partial charge in [-0.05, 0) is 66.8 Å². The van der Waals surface area contributed by atoms with Crippen LogP contribution in [0, 0.1) is 0 Å². The molecule has 1 atom stereocenters. The molecule has 0 saturated heterocycles. The molecule has 2 amide bonds. The zero-order valence-corrected chi connectivity index (χ0v) is 25.2. The van der Waals surface area contributed by atoms with Gasteiger partial charge in [-0.2, -0.15) is 0 Å². The molecular formula is C32H41N3O5S. The van der Waals surface area contributed by atoms with Crippen LogP contribution in [0.3, 0.4) is 0 Å². The third-order valence-corrected chi connectivity index (χ3v) is 8.73. The molecule has 0 bridgehead atoms. The van der Waals surface area contributed by atoms with Crippen LogP contribution in [0.1, 0.15) is 51.2 Å². The molecule has 0 aliphatic rings. The van der Waals surface area contributed by atoms with Gasteiger partial charge in [0.1, 0.15) is 18.3 Å². The van der Waals surface area contributed by atoms with Gasteiger partial charge in [0.05, 0.1) is 17.7 Å². The number of hydrogen-bond donors (Lipinski definition) is 1. The molecule has 3 aromatic rings. The van der Waals surface area contributed by atoms with Crippen LogP contribution in [0.2, 0.25) is 0 Å². The van der Waals surface area contributed by atoms with Crippen LogP contribution < -0.4 is 14.4 Å². The van der Waals surface area contributed by atoms with Crippen LogP contribution in [0.25, 0.3) is 0 Å². The molecule has 0 heterocycles. The van der Waals surface area contributed by atoms with E-state index in [0.717, 1.165) is 34.7 Å². The molecule has 1 N–H and O–H groups in total. The number of carbonyl (C=O) groups is 2. The van der Waals surface area contributed by atoms with Crippen molar-refractivity contribution >= 4 is 27.5 Å². The van der Waals surface area contributed by atoms with E-state index in [-0.39, 0.29) is 17.3 Å². The Morgan fingerprint density at radius 1 is 0.902 bits per heavy atom. The summed E-state index contributed by atoms with van der Waals surface area (Å²) in [4.78, 5) is 29.0. The molecule has 0 aliphatic carbocycles.